The van der Waals surface area contributed by atoms with Gasteiger partial charge in [0.1, 0.15) is 5.54 Å². The number of carbonyl (C=O) groups is 1. The van der Waals surface area contributed by atoms with Crippen molar-refractivity contribution in [1.29, 1.82) is 0 Å². The van der Waals surface area contributed by atoms with Crippen molar-refractivity contribution < 1.29 is 9.53 Å². The molecule has 1 radical (unpaired) electrons. The van der Waals surface area contributed by atoms with Crippen LogP contribution < -0.4 is 5.73 Å². The molecule has 12 heavy (non-hydrogen) atoms. The third kappa shape index (κ3) is 1.32. The molecule has 1 aliphatic heterocycles. The Morgan fingerprint density at radius 2 is 1.92 bits per heavy atom. The van der Waals surface area contributed by atoms with Crippen LogP contribution in [-0.4, -0.2) is 42.6 Å². The summed E-state index contributed by atoms with van der Waals surface area (Å²) in [5, 5.41) is 0. The van der Waals surface area contributed by atoms with Crippen LogP contribution in [-0.2, 0) is 9.53 Å². The Hall–Kier alpha value is -0.610. The first kappa shape index (κ1) is 8.01. The molecule has 1 N–H and O–H groups in total. The Kier molecular flexibility index (Phi) is 1.81. The van der Waals surface area contributed by atoms with Crippen LogP contribution in [0, 0.1) is 0 Å². The van der Waals surface area contributed by atoms with Gasteiger partial charge in [-0.2, -0.15) is 0 Å². The third-order valence-corrected chi connectivity index (χ3v) is 2.46. The van der Waals surface area contributed by atoms with E-state index in [1.807, 2.05) is 0 Å². The highest BCUT2D eigenvalue weighted by molar-refractivity contribution is 5.88. The number of ether oxygens (including phenoxy) is 1. The minimum atomic E-state index is -0.753. The number of nitrogens with one attached hydrogen (secondary N) is 1. The first-order valence-electron chi connectivity index (χ1n) is 4.34. The lowest BCUT2D eigenvalue weighted by Crippen LogP contribution is -2.47. The molecule has 4 nitrogen and oxygen atoms in total. The Bertz CT molecular complexity index is 195. The zero-order chi connectivity index (χ0) is 8.60. The number of amides is 1. The van der Waals surface area contributed by atoms with Crippen molar-refractivity contribution in [3.8, 4) is 0 Å². The second-order valence-electron chi connectivity index (χ2n) is 3.49. The Morgan fingerprint density at radius 3 is 2.42 bits per heavy atom. The summed E-state index contributed by atoms with van der Waals surface area (Å²) >= 11 is 0. The molecule has 2 fully saturated rings. The van der Waals surface area contributed by atoms with Gasteiger partial charge in [-0.15, -0.1) is 0 Å². The van der Waals surface area contributed by atoms with Gasteiger partial charge in [-0.25, -0.2) is 5.73 Å². The van der Waals surface area contributed by atoms with E-state index in [-0.39, 0.29) is 5.91 Å². The molecule has 0 aromatic heterocycles. The maximum absolute atomic E-state index is 11.6. The summed E-state index contributed by atoms with van der Waals surface area (Å²) in [4.78, 5) is 13.3. The van der Waals surface area contributed by atoms with E-state index in [9.17, 15) is 4.79 Å². The first-order valence-corrected chi connectivity index (χ1v) is 4.34. The van der Waals surface area contributed by atoms with Crippen LogP contribution in [0.25, 0.3) is 0 Å². The smallest absolute Gasteiger partial charge is 0.244 e. The van der Waals surface area contributed by atoms with Gasteiger partial charge in [0.05, 0.1) is 13.2 Å². The predicted molar refractivity (Wildman–Crippen MR) is 42.5 cm³/mol. The molecule has 0 aromatic rings. The molecular weight excluding hydrogens is 156 g/mol. The van der Waals surface area contributed by atoms with Gasteiger partial charge < -0.3 is 9.64 Å². The third-order valence-electron chi connectivity index (χ3n) is 2.46. The van der Waals surface area contributed by atoms with Gasteiger partial charge in [-0.1, -0.05) is 0 Å². The molecule has 1 saturated heterocycles. The number of hydrogen-bond donors (Lipinski definition) is 0. The second-order valence-corrected chi connectivity index (χ2v) is 3.49. The highest BCUT2D eigenvalue weighted by Crippen LogP contribution is 2.36. The minimum absolute atomic E-state index is 0.00537. The summed E-state index contributed by atoms with van der Waals surface area (Å²) in [5.74, 6) is 0.00537. The molecule has 0 aromatic carbocycles. The molecule has 0 spiro atoms. The maximum Gasteiger partial charge on any atom is 0.244 e. The van der Waals surface area contributed by atoms with Crippen LogP contribution in [0.3, 0.4) is 0 Å². The SMILES string of the molecule is [NH]C1(C(=O)N2CCOCC2)CC1. The van der Waals surface area contributed by atoms with Crippen LogP contribution in [0.5, 0.6) is 0 Å². The van der Waals surface area contributed by atoms with Gasteiger partial charge in [0.15, 0.2) is 0 Å². The van der Waals surface area contributed by atoms with E-state index in [4.69, 9.17) is 10.5 Å². The summed E-state index contributed by atoms with van der Waals surface area (Å²) in [7, 11) is 0. The number of nitrogens with zero attached hydrogens (tertiary/aromatic N) is 1. The Labute approximate surface area is 71.7 Å². The first-order chi connectivity index (χ1) is 5.72. The van der Waals surface area contributed by atoms with Gasteiger partial charge in [-0.05, 0) is 12.8 Å². The quantitative estimate of drug-likeness (QED) is 0.539. The number of carbonyl (C=O) groups excluding carboxylic acids is 1. The molecule has 0 unspecified atom stereocenters. The van der Waals surface area contributed by atoms with E-state index in [0.29, 0.717) is 26.3 Å². The molecule has 4 heteroatoms. The zero-order valence-corrected chi connectivity index (χ0v) is 7.01. The average Bonchev–Trinajstić information content (AvgIpc) is 2.85. The van der Waals surface area contributed by atoms with Gasteiger partial charge in [0, 0.05) is 13.1 Å². The highest BCUT2D eigenvalue weighted by Gasteiger charge is 2.49. The minimum Gasteiger partial charge on any atom is -0.378 e. The summed E-state index contributed by atoms with van der Waals surface area (Å²) in [6.07, 6.45) is 1.48. The van der Waals surface area contributed by atoms with E-state index < -0.39 is 5.54 Å². The zero-order valence-electron chi connectivity index (χ0n) is 7.01. The number of morpholine rings is 1. The fourth-order valence-corrected chi connectivity index (χ4v) is 1.41. The van der Waals surface area contributed by atoms with Crippen molar-refractivity contribution in [3.63, 3.8) is 0 Å². The lowest BCUT2D eigenvalue weighted by molar-refractivity contribution is -0.137. The highest BCUT2D eigenvalue weighted by atomic mass is 16.5. The molecule has 0 atom stereocenters. The molecular formula is C8H13N2O2. The molecule has 2 rings (SSSR count). The van der Waals surface area contributed by atoms with Crippen LogP contribution in [0.2, 0.25) is 0 Å². The molecule has 2 aliphatic rings. The Balaban J connectivity index is 1.94. The summed E-state index contributed by atoms with van der Waals surface area (Å²) in [6, 6.07) is 0. The van der Waals surface area contributed by atoms with Crippen molar-refractivity contribution in [3.05, 3.63) is 0 Å². The van der Waals surface area contributed by atoms with Gasteiger partial charge in [0.25, 0.3) is 0 Å². The van der Waals surface area contributed by atoms with Gasteiger partial charge >= 0.3 is 0 Å². The van der Waals surface area contributed by atoms with Gasteiger partial charge in [0.2, 0.25) is 5.91 Å². The average molecular weight is 169 g/mol. The van der Waals surface area contributed by atoms with Crippen LogP contribution in [0.15, 0.2) is 0 Å². The molecule has 1 aliphatic carbocycles. The fraction of sp³-hybridized carbons (Fsp3) is 0.875. The lowest BCUT2D eigenvalue weighted by atomic mass is 10.2. The lowest BCUT2D eigenvalue weighted by Gasteiger charge is -2.28. The van der Waals surface area contributed by atoms with Crippen molar-refractivity contribution in [2.24, 2.45) is 0 Å². The van der Waals surface area contributed by atoms with Crippen LogP contribution >= 0.6 is 0 Å². The topological polar surface area (TPSA) is 53.3 Å². The molecule has 67 valence electrons. The summed E-state index contributed by atoms with van der Waals surface area (Å²) in [5.41, 5.74) is 6.90. The normalized spacial score (nSPS) is 26.9. The number of rotatable bonds is 1. The molecule has 1 saturated carbocycles. The van der Waals surface area contributed by atoms with Gasteiger partial charge in [-0.3, -0.25) is 4.79 Å². The van der Waals surface area contributed by atoms with Crippen molar-refractivity contribution >= 4 is 5.91 Å². The monoisotopic (exact) mass is 169 g/mol. The van der Waals surface area contributed by atoms with Crippen LogP contribution in [0.4, 0.5) is 0 Å². The van der Waals surface area contributed by atoms with Crippen molar-refractivity contribution in [1.82, 2.24) is 10.6 Å². The standard InChI is InChI=1S/C8H13N2O2/c9-8(1-2-8)7(11)10-3-5-12-6-4-10/h9H,1-6H2. The van der Waals surface area contributed by atoms with E-state index >= 15 is 0 Å². The summed E-state index contributed by atoms with van der Waals surface area (Å²) < 4.78 is 5.13. The largest absolute Gasteiger partial charge is 0.378 e. The molecule has 1 amide bonds. The number of hydrogen-bond acceptors (Lipinski definition) is 2. The van der Waals surface area contributed by atoms with E-state index in [1.165, 1.54) is 0 Å². The Morgan fingerprint density at radius 1 is 1.33 bits per heavy atom. The summed E-state index contributed by atoms with van der Waals surface area (Å²) in [6.45, 7) is 2.59. The van der Waals surface area contributed by atoms with E-state index in [0.717, 1.165) is 12.8 Å². The fourth-order valence-electron chi connectivity index (χ4n) is 1.41. The van der Waals surface area contributed by atoms with E-state index in [1.54, 1.807) is 4.90 Å². The molecule has 0 bridgehead atoms. The molecule has 1 heterocycles. The van der Waals surface area contributed by atoms with Crippen molar-refractivity contribution in [2.75, 3.05) is 26.3 Å². The maximum atomic E-state index is 11.6. The second kappa shape index (κ2) is 2.71. The van der Waals surface area contributed by atoms with Crippen molar-refractivity contribution in [2.45, 2.75) is 18.4 Å². The van der Waals surface area contributed by atoms with E-state index in [2.05, 4.69) is 0 Å². The predicted octanol–water partition coefficient (Wildman–Crippen LogP) is -0.339. The van der Waals surface area contributed by atoms with Crippen LogP contribution in [0.1, 0.15) is 12.8 Å².